The van der Waals surface area contributed by atoms with E-state index in [1.165, 1.54) is 0 Å². The van der Waals surface area contributed by atoms with Crippen molar-refractivity contribution in [1.82, 2.24) is 9.97 Å². The second-order valence-electron chi connectivity index (χ2n) is 4.52. The third-order valence-corrected chi connectivity index (χ3v) is 2.41. The molecule has 0 aliphatic heterocycles. The molecule has 1 atom stereocenters. The molecule has 0 saturated carbocycles. The number of nitrogens with one attached hydrogen (secondary N) is 1. The van der Waals surface area contributed by atoms with E-state index in [0.29, 0.717) is 5.92 Å². The SMILES string of the molecule is CCc1cc(NCC(N)CC(C)C)ncn1. The summed E-state index contributed by atoms with van der Waals surface area (Å²) in [5.74, 6) is 1.50. The highest BCUT2D eigenvalue weighted by Crippen LogP contribution is 2.06. The predicted molar refractivity (Wildman–Crippen MR) is 67.3 cm³/mol. The van der Waals surface area contributed by atoms with Gasteiger partial charge in [-0.25, -0.2) is 9.97 Å². The molecule has 1 unspecified atom stereocenters. The molecule has 1 aromatic heterocycles. The Kier molecular flexibility index (Phi) is 5.19. The van der Waals surface area contributed by atoms with Crippen LogP contribution in [0.25, 0.3) is 0 Å². The lowest BCUT2D eigenvalue weighted by atomic mass is 10.0. The van der Waals surface area contributed by atoms with E-state index in [1.807, 2.05) is 6.07 Å². The van der Waals surface area contributed by atoms with Crippen LogP contribution in [0, 0.1) is 5.92 Å². The maximum atomic E-state index is 5.99. The van der Waals surface area contributed by atoms with E-state index in [1.54, 1.807) is 6.33 Å². The van der Waals surface area contributed by atoms with Crippen LogP contribution < -0.4 is 11.1 Å². The van der Waals surface area contributed by atoms with Crippen LogP contribution in [0.4, 0.5) is 5.82 Å². The summed E-state index contributed by atoms with van der Waals surface area (Å²) in [5, 5.41) is 3.25. The lowest BCUT2D eigenvalue weighted by molar-refractivity contribution is 0.508. The van der Waals surface area contributed by atoms with Gasteiger partial charge in [0.1, 0.15) is 12.1 Å². The first-order valence-corrected chi connectivity index (χ1v) is 5.92. The molecule has 16 heavy (non-hydrogen) atoms. The van der Waals surface area contributed by atoms with Crippen molar-refractivity contribution >= 4 is 5.82 Å². The predicted octanol–water partition coefficient (Wildman–Crippen LogP) is 1.82. The van der Waals surface area contributed by atoms with Crippen LogP contribution in [0.1, 0.15) is 32.9 Å². The standard InChI is InChI=1S/C12H22N4/c1-4-11-6-12(16-8-15-11)14-7-10(13)5-9(2)3/h6,8-10H,4-5,7,13H2,1-3H3,(H,14,15,16). The average molecular weight is 222 g/mol. The van der Waals surface area contributed by atoms with E-state index in [4.69, 9.17) is 5.73 Å². The van der Waals surface area contributed by atoms with E-state index in [0.717, 1.165) is 30.9 Å². The molecule has 0 aliphatic rings. The zero-order valence-electron chi connectivity index (χ0n) is 10.4. The minimum absolute atomic E-state index is 0.181. The van der Waals surface area contributed by atoms with Crippen molar-refractivity contribution in [3.8, 4) is 0 Å². The summed E-state index contributed by atoms with van der Waals surface area (Å²) in [6.07, 6.45) is 3.54. The lowest BCUT2D eigenvalue weighted by Crippen LogP contribution is -2.30. The maximum absolute atomic E-state index is 5.99. The minimum atomic E-state index is 0.181. The van der Waals surface area contributed by atoms with Gasteiger partial charge in [-0.05, 0) is 18.8 Å². The molecule has 0 fully saturated rings. The van der Waals surface area contributed by atoms with E-state index in [9.17, 15) is 0 Å². The van der Waals surface area contributed by atoms with Gasteiger partial charge < -0.3 is 11.1 Å². The Hall–Kier alpha value is -1.16. The van der Waals surface area contributed by atoms with Gasteiger partial charge in [0.2, 0.25) is 0 Å². The largest absolute Gasteiger partial charge is 0.368 e. The van der Waals surface area contributed by atoms with E-state index in [2.05, 4.69) is 36.1 Å². The minimum Gasteiger partial charge on any atom is -0.368 e. The summed E-state index contributed by atoms with van der Waals surface area (Å²) in [7, 11) is 0. The molecule has 1 rings (SSSR count). The fourth-order valence-electron chi connectivity index (χ4n) is 1.61. The van der Waals surface area contributed by atoms with Crippen molar-refractivity contribution in [3.63, 3.8) is 0 Å². The van der Waals surface area contributed by atoms with Crippen LogP contribution in [0.2, 0.25) is 0 Å². The van der Waals surface area contributed by atoms with Gasteiger partial charge in [-0.1, -0.05) is 20.8 Å². The monoisotopic (exact) mass is 222 g/mol. The van der Waals surface area contributed by atoms with Crippen LogP contribution in [-0.4, -0.2) is 22.6 Å². The molecule has 4 nitrogen and oxygen atoms in total. The van der Waals surface area contributed by atoms with E-state index < -0.39 is 0 Å². The van der Waals surface area contributed by atoms with Gasteiger partial charge in [-0.3, -0.25) is 0 Å². The lowest BCUT2D eigenvalue weighted by Gasteiger charge is -2.15. The summed E-state index contributed by atoms with van der Waals surface area (Å²) in [5.41, 5.74) is 7.04. The quantitative estimate of drug-likeness (QED) is 0.770. The maximum Gasteiger partial charge on any atom is 0.129 e. The molecule has 4 heteroatoms. The summed E-state index contributed by atoms with van der Waals surface area (Å²) in [4.78, 5) is 8.31. The smallest absolute Gasteiger partial charge is 0.129 e. The summed E-state index contributed by atoms with van der Waals surface area (Å²) < 4.78 is 0. The highest BCUT2D eigenvalue weighted by molar-refractivity contribution is 5.34. The summed E-state index contributed by atoms with van der Waals surface area (Å²) in [6.45, 7) is 7.20. The van der Waals surface area contributed by atoms with E-state index >= 15 is 0 Å². The van der Waals surface area contributed by atoms with Crippen molar-refractivity contribution in [3.05, 3.63) is 18.1 Å². The van der Waals surface area contributed by atoms with Crippen LogP contribution in [-0.2, 0) is 6.42 Å². The van der Waals surface area contributed by atoms with Gasteiger partial charge in [0.25, 0.3) is 0 Å². The van der Waals surface area contributed by atoms with Gasteiger partial charge in [0, 0.05) is 24.3 Å². The first-order valence-electron chi connectivity index (χ1n) is 5.92. The zero-order chi connectivity index (χ0) is 12.0. The first-order chi connectivity index (χ1) is 7.61. The number of rotatable bonds is 6. The number of hydrogen-bond donors (Lipinski definition) is 2. The van der Waals surface area contributed by atoms with Crippen molar-refractivity contribution < 1.29 is 0 Å². The molecule has 0 radical (unpaired) electrons. The molecule has 0 bridgehead atoms. The number of anilines is 1. The number of nitrogens with zero attached hydrogens (tertiary/aromatic N) is 2. The Morgan fingerprint density at radius 2 is 2.12 bits per heavy atom. The number of aromatic nitrogens is 2. The Balaban J connectivity index is 2.41. The van der Waals surface area contributed by atoms with Crippen LogP contribution in [0.15, 0.2) is 12.4 Å². The molecule has 90 valence electrons. The normalized spacial score (nSPS) is 12.8. The van der Waals surface area contributed by atoms with E-state index in [-0.39, 0.29) is 6.04 Å². The fraction of sp³-hybridized carbons (Fsp3) is 0.667. The van der Waals surface area contributed by atoms with Gasteiger partial charge >= 0.3 is 0 Å². The molecule has 0 spiro atoms. The van der Waals surface area contributed by atoms with Gasteiger partial charge in [0.15, 0.2) is 0 Å². The second kappa shape index (κ2) is 6.43. The second-order valence-corrected chi connectivity index (χ2v) is 4.52. The van der Waals surface area contributed by atoms with Crippen molar-refractivity contribution in [2.24, 2.45) is 11.7 Å². The Morgan fingerprint density at radius 3 is 2.75 bits per heavy atom. The fourth-order valence-corrected chi connectivity index (χ4v) is 1.61. The van der Waals surface area contributed by atoms with Crippen LogP contribution in [0.5, 0.6) is 0 Å². The Morgan fingerprint density at radius 1 is 1.38 bits per heavy atom. The molecule has 0 aliphatic carbocycles. The van der Waals surface area contributed by atoms with Crippen molar-refractivity contribution in [1.29, 1.82) is 0 Å². The van der Waals surface area contributed by atoms with Gasteiger partial charge in [0.05, 0.1) is 0 Å². The molecular weight excluding hydrogens is 200 g/mol. The molecule has 0 saturated heterocycles. The molecule has 0 amide bonds. The molecule has 1 heterocycles. The van der Waals surface area contributed by atoms with Crippen molar-refractivity contribution in [2.45, 2.75) is 39.7 Å². The number of aryl methyl sites for hydroxylation is 1. The number of nitrogens with two attached hydrogens (primary N) is 1. The average Bonchev–Trinajstić information content (AvgIpc) is 2.26. The summed E-state index contributed by atoms with van der Waals surface area (Å²) in [6, 6.07) is 2.15. The number of hydrogen-bond acceptors (Lipinski definition) is 4. The molecule has 3 N–H and O–H groups in total. The Labute approximate surface area is 97.7 Å². The zero-order valence-corrected chi connectivity index (χ0v) is 10.4. The third-order valence-electron chi connectivity index (χ3n) is 2.41. The van der Waals surface area contributed by atoms with Gasteiger partial charge in [-0.2, -0.15) is 0 Å². The molecule has 0 aromatic carbocycles. The highest BCUT2D eigenvalue weighted by Gasteiger charge is 2.05. The molecular formula is C12H22N4. The molecule has 1 aromatic rings. The highest BCUT2D eigenvalue weighted by atomic mass is 15.0. The van der Waals surface area contributed by atoms with Gasteiger partial charge in [-0.15, -0.1) is 0 Å². The Bertz CT molecular complexity index is 312. The third kappa shape index (κ3) is 4.57. The van der Waals surface area contributed by atoms with Crippen molar-refractivity contribution in [2.75, 3.05) is 11.9 Å². The first kappa shape index (κ1) is 12.9. The topological polar surface area (TPSA) is 63.8 Å². The van der Waals surface area contributed by atoms with Crippen LogP contribution >= 0.6 is 0 Å². The summed E-state index contributed by atoms with van der Waals surface area (Å²) >= 11 is 0. The van der Waals surface area contributed by atoms with Crippen LogP contribution in [0.3, 0.4) is 0 Å².